The number of rotatable bonds is 6. The van der Waals surface area contributed by atoms with Gasteiger partial charge in [-0.15, -0.1) is 11.3 Å². The smallest absolute Gasteiger partial charge is 0.257 e. The summed E-state index contributed by atoms with van der Waals surface area (Å²) in [7, 11) is 2.15. The third-order valence-electron chi connectivity index (χ3n) is 4.26. The molecule has 26 heavy (non-hydrogen) atoms. The van der Waals surface area contributed by atoms with E-state index in [4.69, 9.17) is 4.74 Å². The molecule has 1 aliphatic rings. The van der Waals surface area contributed by atoms with Gasteiger partial charge in [-0.25, -0.2) is 4.98 Å². The third-order valence-corrected chi connectivity index (χ3v) is 4.94. The summed E-state index contributed by atoms with van der Waals surface area (Å²) in [5.74, 6) is 0.574. The Kier molecular flexibility index (Phi) is 6.24. The van der Waals surface area contributed by atoms with Gasteiger partial charge in [-0.3, -0.25) is 15.0 Å². The lowest BCUT2D eigenvalue weighted by atomic mass is 10.1. The highest BCUT2D eigenvalue weighted by molar-refractivity contribution is 7.13. The molecule has 0 unspecified atom stereocenters. The first-order valence-corrected chi connectivity index (χ1v) is 9.80. The Morgan fingerprint density at radius 2 is 2.04 bits per heavy atom. The molecule has 0 spiro atoms. The van der Waals surface area contributed by atoms with Crippen LogP contribution in [-0.4, -0.2) is 60.0 Å². The summed E-state index contributed by atoms with van der Waals surface area (Å²) in [4.78, 5) is 21.5. The summed E-state index contributed by atoms with van der Waals surface area (Å²) in [6.45, 7) is 9.00. The number of amides is 1. The van der Waals surface area contributed by atoms with Crippen LogP contribution in [0.25, 0.3) is 0 Å². The average molecular weight is 375 g/mol. The summed E-state index contributed by atoms with van der Waals surface area (Å²) in [5, 5.41) is 5.29. The number of benzene rings is 1. The van der Waals surface area contributed by atoms with Crippen LogP contribution < -0.4 is 10.1 Å². The minimum atomic E-state index is -0.159. The third kappa shape index (κ3) is 5.27. The number of nitrogens with zero attached hydrogens (tertiary/aromatic N) is 3. The number of ether oxygens (including phenoxy) is 1. The molecule has 0 saturated carbocycles. The molecule has 0 bridgehead atoms. The van der Waals surface area contributed by atoms with Crippen LogP contribution in [0.2, 0.25) is 0 Å². The molecule has 1 aromatic heterocycles. The zero-order chi connectivity index (χ0) is 18.5. The van der Waals surface area contributed by atoms with Crippen LogP contribution in [0.4, 0.5) is 5.13 Å². The van der Waals surface area contributed by atoms with Crippen molar-refractivity contribution in [2.75, 3.05) is 38.5 Å². The maximum atomic E-state index is 12.6. The van der Waals surface area contributed by atoms with E-state index in [2.05, 4.69) is 27.1 Å². The highest BCUT2D eigenvalue weighted by atomic mass is 32.1. The maximum Gasteiger partial charge on any atom is 0.257 e. The summed E-state index contributed by atoms with van der Waals surface area (Å²) in [6.07, 6.45) is 1.74. The van der Waals surface area contributed by atoms with E-state index < -0.39 is 0 Å². The number of anilines is 1. The lowest BCUT2D eigenvalue weighted by Gasteiger charge is -2.32. The van der Waals surface area contributed by atoms with Gasteiger partial charge in [-0.2, -0.15) is 0 Å². The normalized spacial score (nSPS) is 16.0. The molecular weight excluding hydrogens is 348 g/mol. The highest BCUT2D eigenvalue weighted by Gasteiger charge is 2.16. The van der Waals surface area contributed by atoms with Gasteiger partial charge in [0.15, 0.2) is 5.13 Å². The van der Waals surface area contributed by atoms with Crippen LogP contribution in [0, 0.1) is 0 Å². The zero-order valence-electron chi connectivity index (χ0n) is 15.6. The molecule has 1 fully saturated rings. The van der Waals surface area contributed by atoms with Gasteiger partial charge < -0.3 is 9.64 Å². The fourth-order valence-corrected chi connectivity index (χ4v) is 3.47. The number of carbonyl (C=O) groups excluding carboxylic acids is 1. The first kappa shape index (κ1) is 18.8. The maximum absolute atomic E-state index is 12.6. The van der Waals surface area contributed by atoms with Gasteiger partial charge in [0.1, 0.15) is 5.75 Å². The van der Waals surface area contributed by atoms with Crippen LogP contribution in [0.3, 0.4) is 0 Å². The van der Waals surface area contributed by atoms with Crippen molar-refractivity contribution in [3.05, 3.63) is 40.9 Å². The van der Waals surface area contributed by atoms with Gasteiger partial charge in [0.25, 0.3) is 5.91 Å². The second kappa shape index (κ2) is 8.62. The van der Waals surface area contributed by atoms with Crippen LogP contribution >= 0.6 is 11.3 Å². The fraction of sp³-hybridized carbons (Fsp3) is 0.474. The summed E-state index contributed by atoms with van der Waals surface area (Å²) in [5.41, 5.74) is 1.69. The Hall–Kier alpha value is -1.96. The monoisotopic (exact) mass is 374 g/mol. The zero-order valence-corrected chi connectivity index (χ0v) is 16.4. The molecule has 1 saturated heterocycles. The molecule has 6 nitrogen and oxygen atoms in total. The first-order valence-electron chi connectivity index (χ1n) is 8.92. The van der Waals surface area contributed by atoms with E-state index >= 15 is 0 Å². The van der Waals surface area contributed by atoms with Crippen molar-refractivity contribution >= 4 is 22.4 Å². The van der Waals surface area contributed by atoms with Crippen molar-refractivity contribution in [3.63, 3.8) is 0 Å². The Labute approximate surface area is 158 Å². The molecular formula is C19H26N4O2S. The van der Waals surface area contributed by atoms with Gasteiger partial charge in [-0.1, -0.05) is 0 Å². The number of carbonyl (C=O) groups is 1. The molecule has 3 rings (SSSR count). The number of likely N-dealkylation sites (N-methyl/N-ethyl adjacent to an activating group) is 1. The Bertz CT molecular complexity index is 725. The lowest BCUT2D eigenvalue weighted by Crippen LogP contribution is -2.43. The van der Waals surface area contributed by atoms with Crippen LogP contribution in [0.1, 0.15) is 29.8 Å². The number of piperazine rings is 1. The molecule has 1 amide bonds. The summed E-state index contributed by atoms with van der Waals surface area (Å²) >= 11 is 1.41. The second-order valence-electron chi connectivity index (χ2n) is 6.90. The summed E-state index contributed by atoms with van der Waals surface area (Å²) in [6, 6.07) is 5.80. The topological polar surface area (TPSA) is 57.7 Å². The Morgan fingerprint density at radius 3 is 2.69 bits per heavy atom. The van der Waals surface area contributed by atoms with Crippen molar-refractivity contribution in [1.82, 2.24) is 14.8 Å². The lowest BCUT2D eigenvalue weighted by molar-refractivity contribution is 0.102. The molecule has 7 heteroatoms. The van der Waals surface area contributed by atoms with Crippen LogP contribution in [0.15, 0.2) is 29.8 Å². The molecule has 2 heterocycles. The van der Waals surface area contributed by atoms with Gasteiger partial charge in [-0.05, 0) is 44.7 Å². The van der Waals surface area contributed by atoms with Crippen molar-refractivity contribution in [1.29, 1.82) is 0 Å². The largest absolute Gasteiger partial charge is 0.491 e. The van der Waals surface area contributed by atoms with Crippen LogP contribution in [-0.2, 0) is 6.54 Å². The van der Waals surface area contributed by atoms with Crippen molar-refractivity contribution in [2.45, 2.75) is 26.5 Å². The number of thiazole rings is 1. The average Bonchev–Trinajstić information content (AvgIpc) is 3.09. The van der Waals surface area contributed by atoms with Gasteiger partial charge >= 0.3 is 0 Å². The van der Waals surface area contributed by atoms with Gasteiger partial charge in [0.2, 0.25) is 0 Å². The number of aromatic nitrogens is 1. The SMILES string of the molecule is CC(C)Oc1cc(CN2CCN(C)CC2)cc(C(=O)Nc2nccs2)c1. The molecule has 140 valence electrons. The number of hydrogen-bond donors (Lipinski definition) is 1. The van der Waals surface area contributed by atoms with E-state index in [-0.39, 0.29) is 12.0 Å². The highest BCUT2D eigenvalue weighted by Crippen LogP contribution is 2.22. The van der Waals surface area contributed by atoms with E-state index in [1.807, 2.05) is 31.4 Å². The van der Waals surface area contributed by atoms with Gasteiger partial charge in [0, 0.05) is 49.9 Å². The van der Waals surface area contributed by atoms with Gasteiger partial charge in [0.05, 0.1) is 6.10 Å². The molecule has 0 aliphatic carbocycles. The standard InChI is InChI=1S/C19H26N4O2S/c1-14(2)25-17-11-15(13-23-7-5-22(3)6-8-23)10-16(12-17)18(24)21-19-20-4-9-26-19/h4,9-12,14H,5-8,13H2,1-3H3,(H,20,21,24). The molecule has 1 aromatic carbocycles. The quantitative estimate of drug-likeness (QED) is 0.842. The van der Waals surface area contributed by atoms with E-state index in [1.54, 1.807) is 12.3 Å². The number of hydrogen-bond acceptors (Lipinski definition) is 6. The Morgan fingerprint density at radius 1 is 1.27 bits per heavy atom. The van der Waals surface area contributed by atoms with Crippen molar-refractivity contribution in [3.8, 4) is 5.75 Å². The predicted molar refractivity (Wildman–Crippen MR) is 105 cm³/mol. The molecule has 0 atom stereocenters. The minimum Gasteiger partial charge on any atom is -0.491 e. The van der Waals surface area contributed by atoms with Crippen molar-refractivity contribution in [2.24, 2.45) is 0 Å². The first-order chi connectivity index (χ1) is 12.5. The predicted octanol–water partition coefficient (Wildman–Crippen LogP) is 2.93. The van der Waals surface area contributed by atoms with E-state index in [1.165, 1.54) is 11.3 Å². The molecule has 2 aromatic rings. The number of nitrogens with one attached hydrogen (secondary N) is 1. The van der Waals surface area contributed by atoms with Crippen LogP contribution in [0.5, 0.6) is 5.75 Å². The molecule has 0 radical (unpaired) electrons. The Balaban J connectivity index is 1.77. The molecule has 1 aliphatic heterocycles. The second-order valence-corrected chi connectivity index (χ2v) is 7.80. The minimum absolute atomic E-state index is 0.0590. The molecule has 1 N–H and O–H groups in total. The van der Waals surface area contributed by atoms with E-state index in [0.29, 0.717) is 10.7 Å². The fourth-order valence-electron chi connectivity index (χ4n) is 2.94. The summed E-state index contributed by atoms with van der Waals surface area (Å²) < 4.78 is 5.87. The van der Waals surface area contributed by atoms with E-state index in [0.717, 1.165) is 44.0 Å². The van der Waals surface area contributed by atoms with Crippen molar-refractivity contribution < 1.29 is 9.53 Å². The van der Waals surface area contributed by atoms with E-state index in [9.17, 15) is 4.79 Å².